The van der Waals surface area contributed by atoms with Crippen molar-refractivity contribution in [1.29, 1.82) is 0 Å². The van der Waals surface area contributed by atoms with Crippen LogP contribution in [0.4, 0.5) is 0 Å². The van der Waals surface area contributed by atoms with Crippen LogP contribution in [0.1, 0.15) is 26.0 Å². The lowest BCUT2D eigenvalue weighted by atomic mass is 10.1. The summed E-state index contributed by atoms with van der Waals surface area (Å²) >= 11 is 0. The minimum absolute atomic E-state index is 0.0664. The Morgan fingerprint density at radius 1 is 1.44 bits per heavy atom. The molecule has 18 heavy (non-hydrogen) atoms. The summed E-state index contributed by atoms with van der Waals surface area (Å²) in [6.07, 6.45) is 3.80. The number of amides is 1. The molecule has 1 amide bonds. The van der Waals surface area contributed by atoms with Gasteiger partial charge in [0.1, 0.15) is 0 Å². The highest BCUT2D eigenvalue weighted by Gasteiger charge is 2.01. The summed E-state index contributed by atoms with van der Waals surface area (Å²) in [4.78, 5) is 11.4. The number of carbonyl (C=O) groups excluding carboxylic acids is 1. The molecule has 0 fully saturated rings. The Kier molecular flexibility index (Phi) is 6.43. The maximum absolute atomic E-state index is 11.4. The molecule has 0 saturated carbocycles. The first-order valence-electron chi connectivity index (χ1n) is 6.54. The van der Waals surface area contributed by atoms with Gasteiger partial charge < -0.3 is 10.6 Å². The SMILES string of the molecule is CC(C)CCNC(=O)CNCCc1ccn(C)n1. The Bertz CT molecular complexity index is 360. The summed E-state index contributed by atoms with van der Waals surface area (Å²) in [6, 6.07) is 1.99. The van der Waals surface area contributed by atoms with E-state index < -0.39 is 0 Å². The van der Waals surface area contributed by atoms with E-state index in [4.69, 9.17) is 0 Å². The standard InChI is InChI=1S/C13H24N4O/c1-11(2)4-8-15-13(18)10-14-7-5-12-6-9-17(3)16-12/h6,9,11,14H,4-5,7-8,10H2,1-3H3,(H,15,18). The number of carbonyl (C=O) groups is 1. The third kappa shape index (κ3) is 6.39. The highest BCUT2D eigenvalue weighted by Crippen LogP contribution is 1.96. The van der Waals surface area contributed by atoms with Crippen molar-refractivity contribution >= 4 is 5.91 Å². The van der Waals surface area contributed by atoms with Crippen molar-refractivity contribution < 1.29 is 4.79 Å². The molecule has 0 aliphatic rings. The van der Waals surface area contributed by atoms with Crippen LogP contribution in [0.5, 0.6) is 0 Å². The Morgan fingerprint density at radius 3 is 2.83 bits per heavy atom. The molecule has 0 spiro atoms. The van der Waals surface area contributed by atoms with E-state index >= 15 is 0 Å². The van der Waals surface area contributed by atoms with Crippen LogP contribution in [-0.4, -0.2) is 35.3 Å². The zero-order valence-corrected chi connectivity index (χ0v) is 11.6. The Labute approximate surface area is 109 Å². The molecule has 1 heterocycles. The zero-order chi connectivity index (χ0) is 13.4. The van der Waals surface area contributed by atoms with E-state index in [9.17, 15) is 4.79 Å². The highest BCUT2D eigenvalue weighted by molar-refractivity contribution is 5.77. The molecule has 2 N–H and O–H groups in total. The first-order valence-corrected chi connectivity index (χ1v) is 6.54. The Hall–Kier alpha value is -1.36. The lowest BCUT2D eigenvalue weighted by molar-refractivity contribution is -0.120. The average Bonchev–Trinajstić information content (AvgIpc) is 2.70. The van der Waals surface area contributed by atoms with E-state index in [1.807, 2.05) is 19.3 Å². The summed E-state index contributed by atoms with van der Waals surface area (Å²) in [7, 11) is 1.90. The molecule has 102 valence electrons. The molecule has 1 aromatic rings. The third-order valence-electron chi connectivity index (χ3n) is 2.66. The van der Waals surface area contributed by atoms with E-state index in [0.29, 0.717) is 12.5 Å². The van der Waals surface area contributed by atoms with Crippen molar-refractivity contribution in [3.8, 4) is 0 Å². The van der Waals surface area contributed by atoms with Gasteiger partial charge in [0.2, 0.25) is 5.91 Å². The fourth-order valence-corrected chi connectivity index (χ4v) is 1.58. The van der Waals surface area contributed by atoms with E-state index in [2.05, 4.69) is 29.6 Å². The fourth-order valence-electron chi connectivity index (χ4n) is 1.58. The second-order valence-electron chi connectivity index (χ2n) is 4.94. The topological polar surface area (TPSA) is 59.0 Å². The summed E-state index contributed by atoms with van der Waals surface area (Å²) in [6.45, 7) is 6.21. The quantitative estimate of drug-likeness (QED) is 0.670. The average molecular weight is 252 g/mol. The van der Waals surface area contributed by atoms with Crippen molar-refractivity contribution in [2.24, 2.45) is 13.0 Å². The van der Waals surface area contributed by atoms with E-state index in [1.54, 1.807) is 4.68 Å². The molecule has 0 bridgehead atoms. The van der Waals surface area contributed by atoms with Gasteiger partial charge in [-0.3, -0.25) is 9.48 Å². The number of aryl methyl sites for hydroxylation is 1. The number of aromatic nitrogens is 2. The van der Waals surface area contributed by atoms with Crippen LogP contribution in [0.25, 0.3) is 0 Å². The molecular formula is C13H24N4O. The van der Waals surface area contributed by atoms with Crippen LogP contribution in [0.3, 0.4) is 0 Å². The maximum Gasteiger partial charge on any atom is 0.233 e. The van der Waals surface area contributed by atoms with Crippen molar-refractivity contribution in [3.63, 3.8) is 0 Å². The molecule has 0 unspecified atom stereocenters. The first kappa shape index (κ1) is 14.7. The van der Waals surface area contributed by atoms with Gasteiger partial charge in [0.15, 0.2) is 0 Å². The molecule has 5 nitrogen and oxygen atoms in total. The van der Waals surface area contributed by atoms with Crippen LogP contribution in [-0.2, 0) is 18.3 Å². The number of nitrogens with one attached hydrogen (secondary N) is 2. The van der Waals surface area contributed by atoms with Crippen molar-refractivity contribution in [3.05, 3.63) is 18.0 Å². The number of hydrogen-bond donors (Lipinski definition) is 2. The summed E-state index contributed by atoms with van der Waals surface area (Å²) in [5, 5.41) is 10.3. The summed E-state index contributed by atoms with van der Waals surface area (Å²) < 4.78 is 1.79. The fraction of sp³-hybridized carbons (Fsp3) is 0.692. The first-order chi connectivity index (χ1) is 8.58. The molecule has 1 rings (SSSR count). The van der Waals surface area contributed by atoms with Gasteiger partial charge in [-0.25, -0.2) is 0 Å². The van der Waals surface area contributed by atoms with Crippen LogP contribution in [0.15, 0.2) is 12.3 Å². The van der Waals surface area contributed by atoms with Crippen molar-refractivity contribution in [2.75, 3.05) is 19.6 Å². The van der Waals surface area contributed by atoms with Gasteiger partial charge in [-0.1, -0.05) is 13.8 Å². The molecular weight excluding hydrogens is 228 g/mol. The molecule has 0 atom stereocenters. The van der Waals surface area contributed by atoms with Crippen molar-refractivity contribution in [2.45, 2.75) is 26.7 Å². The lowest BCUT2D eigenvalue weighted by Gasteiger charge is -2.07. The molecule has 0 aromatic carbocycles. The van der Waals surface area contributed by atoms with Crippen LogP contribution < -0.4 is 10.6 Å². The largest absolute Gasteiger partial charge is 0.355 e. The Balaban J connectivity index is 2.02. The summed E-state index contributed by atoms with van der Waals surface area (Å²) in [5.74, 6) is 0.694. The van der Waals surface area contributed by atoms with Gasteiger partial charge in [0.25, 0.3) is 0 Å². The minimum atomic E-state index is 0.0664. The molecule has 0 aliphatic heterocycles. The normalized spacial score (nSPS) is 10.9. The molecule has 0 aliphatic carbocycles. The molecule has 0 saturated heterocycles. The zero-order valence-electron chi connectivity index (χ0n) is 11.6. The van der Waals surface area contributed by atoms with Crippen molar-refractivity contribution in [1.82, 2.24) is 20.4 Å². The smallest absolute Gasteiger partial charge is 0.233 e. The number of nitrogens with zero attached hydrogens (tertiary/aromatic N) is 2. The lowest BCUT2D eigenvalue weighted by Crippen LogP contribution is -2.35. The highest BCUT2D eigenvalue weighted by atomic mass is 16.1. The molecule has 5 heteroatoms. The minimum Gasteiger partial charge on any atom is -0.355 e. The van der Waals surface area contributed by atoms with Gasteiger partial charge >= 0.3 is 0 Å². The predicted octanol–water partition coefficient (Wildman–Crippen LogP) is 0.715. The molecule has 0 radical (unpaired) electrons. The summed E-state index contributed by atoms with van der Waals surface area (Å²) in [5.41, 5.74) is 1.05. The van der Waals surface area contributed by atoms with Crippen LogP contribution in [0, 0.1) is 5.92 Å². The second-order valence-corrected chi connectivity index (χ2v) is 4.94. The van der Waals surface area contributed by atoms with Crippen LogP contribution >= 0.6 is 0 Å². The number of rotatable bonds is 8. The van der Waals surface area contributed by atoms with E-state index in [-0.39, 0.29) is 5.91 Å². The van der Waals surface area contributed by atoms with E-state index in [1.165, 1.54) is 0 Å². The maximum atomic E-state index is 11.4. The number of hydrogen-bond acceptors (Lipinski definition) is 3. The second kappa shape index (κ2) is 7.87. The van der Waals surface area contributed by atoms with Gasteiger partial charge in [0.05, 0.1) is 12.2 Å². The Morgan fingerprint density at radius 2 is 2.22 bits per heavy atom. The van der Waals surface area contributed by atoms with E-state index in [0.717, 1.165) is 31.6 Å². The monoisotopic (exact) mass is 252 g/mol. The predicted molar refractivity (Wildman–Crippen MR) is 72.2 cm³/mol. The third-order valence-corrected chi connectivity index (χ3v) is 2.66. The van der Waals surface area contributed by atoms with Gasteiger partial charge in [0, 0.05) is 32.8 Å². The van der Waals surface area contributed by atoms with Crippen LogP contribution in [0.2, 0.25) is 0 Å². The van der Waals surface area contributed by atoms with Gasteiger partial charge in [-0.2, -0.15) is 5.10 Å². The van der Waals surface area contributed by atoms with Gasteiger partial charge in [-0.15, -0.1) is 0 Å². The molecule has 1 aromatic heterocycles. The van der Waals surface area contributed by atoms with Gasteiger partial charge in [-0.05, 0) is 18.4 Å².